The van der Waals surface area contributed by atoms with Crippen molar-refractivity contribution in [2.75, 3.05) is 0 Å². The van der Waals surface area contributed by atoms with Crippen LogP contribution in [0.3, 0.4) is 0 Å². The maximum Gasteiger partial charge on any atom is 0.417 e. The first-order valence-electron chi connectivity index (χ1n) is 11.6. The Labute approximate surface area is 207 Å². The van der Waals surface area contributed by atoms with Gasteiger partial charge < -0.3 is 20.7 Å². The van der Waals surface area contributed by atoms with Crippen LogP contribution >= 0.6 is 0 Å². The van der Waals surface area contributed by atoms with Gasteiger partial charge in [-0.3, -0.25) is 14.4 Å². The Morgan fingerprint density at radius 2 is 1.56 bits per heavy atom. The van der Waals surface area contributed by atoms with E-state index in [0.29, 0.717) is 18.3 Å². The summed E-state index contributed by atoms with van der Waals surface area (Å²) in [6.45, 7) is 3.36. The fraction of sp³-hybridized carbons (Fsp3) is 0.385. The number of amides is 3. The van der Waals surface area contributed by atoms with Crippen molar-refractivity contribution in [3.8, 4) is 0 Å². The average Bonchev–Trinajstić information content (AvgIpc) is 2.85. The van der Waals surface area contributed by atoms with E-state index in [9.17, 15) is 32.3 Å². The van der Waals surface area contributed by atoms with Gasteiger partial charge in [0.15, 0.2) is 0 Å². The van der Waals surface area contributed by atoms with Crippen molar-refractivity contribution in [1.29, 1.82) is 0 Å². The molecule has 36 heavy (non-hydrogen) atoms. The molecule has 194 valence electrons. The quantitative estimate of drug-likeness (QED) is 0.385. The lowest BCUT2D eigenvalue weighted by Crippen LogP contribution is -2.54. The molecule has 0 heterocycles. The first-order chi connectivity index (χ1) is 17.1. The SMILES string of the molecule is CCCCC(C=O)NC(=O)[C@H](C)NC(=O)[C@H](Cc1ccccc1)NC(=O)c1ccccc1C(F)(F)F. The minimum absolute atomic E-state index is 0.0194. The van der Waals surface area contributed by atoms with Crippen LogP contribution in [0.25, 0.3) is 0 Å². The molecule has 3 N–H and O–H groups in total. The minimum atomic E-state index is -4.76. The van der Waals surface area contributed by atoms with E-state index in [4.69, 9.17) is 0 Å². The Kier molecular flexibility index (Phi) is 10.6. The van der Waals surface area contributed by atoms with Crippen molar-refractivity contribution >= 4 is 24.0 Å². The molecule has 10 heteroatoms. The minimum Gasteiger partial charge on any atom is -0.345 e. The van der Waals surface area contributed by atoms with Crippen molar-refractivity contribution < 1.29 is 32.3 Å². The molecular weight excluding hydrogens is 475 g/mol. The van der Waals surface area contributed by atoms with Crippen LogP contribution < -0.4 is 16.0 Å². The smallest absolute Gasteiger partial charge is 0.345 e. The lowest BCUT2D eigenvalue weighted by atomic mass is 10.0. The van der Waals surface area contributed by atoms with Gasteiger partial charge in [-0.2, -0.15) is 13.2 Å². The Morgan fingerprint density at radius 3 is 2.17 bits per heavy atom. The fourth-order valence-corrected chi connectivity index (χ4v) is 3.51. The molecule has 2 aromatic carbocycles. The molecule has 0 radical (unpaired) electrons. The largest absolute Gasteiger partial charge is 0.417 e. The van der Waals surface area contributed by atoms with E-state index in [0.717, 1.165) is 25.0 Å². The van der Waals surface area contributed by atoms with Gasteiger partial charge in [0.2, 0.25) is 11.8 Å². The number of hydrogen-bond acceptors (Lipinski definition) is 4. The molecule has 0 aromatic heterocycles. The van der Waals surface area contributed by atoms with E-state index < -0.39 is 53.2 Å². The van der Waals surface area contributed by atoms with Crippen LogP contribution in [-0.4, -0.2) is 42.1 Å². The second-order valence-corrected chi connectivity index (χ2v) is 8.38. The molecule has 0 aliphatic rings. The van der Waals surface area contributed by atoms with Crippen molar-refractivity contribution in [2.45, 2.75) is 63.8 Å². The zero-order valence-electron chi connectivity index (χ0n) is 20.1. The summed E-state index contributed by atoms with van der Waals surface area (Å²) < 4.78 is 40.2. The first-order valence-corrected chi connectivity index (χ1v) is 11.6. The molecular formula is C26H30F3N3O4. The van der Waals surface area contributed by atoms with Gasteiger partial charge in [-0.25, -0.2) is 0 Å². The number of alkyl halides is 3. The van der Waals surface area contributed by atoms with E-state index >= 15 is 0 Å². The highest BCUT2D eigenvalue weighted by Crippen LogP contribution is 2.31. The zero-order chi connectivity index (χ0) is 26.7. The lowest BCUT2D eigenvalue weighted by molar-refractivity contribution is -0.138. The third-order valence-corrected chi connectivity index (χ3v) is 5.49. The Morgan fingerprint density at radius 1 is 0.917 bits per heavy atom. The van der Waals surface area contributed by atoms with E-state index in [1.54, 1.807) is 30.3 Å². The van der Waals surface area contributed by atoms with Crippen LogP contribution in [0.2, 0.25) is 0 Å². The molecule has 3 atom stereocenters. The van der Waals surface area contributed by atoms with E-state index in [-0.39, 0.29) is 6.42 Å². The third kappa shape index (κ3) is 8.51. The number of unbranched alkanes of at least 4 members (excludes halogenated alkanes) is 1. The highest BCUT2D eigenvalue weighted by Gasteiger charge is 2.36. The third-order valence-electron chi connectivity index (χ3n) is 5.49. The molecule has 0 aliphatic carbocycles. The normalized spacial score (nSPS) is 13.7. The van der Waals surface area contributed by atoms with Gasteiger partial charge >= 0.3 is 6.18 Å². The van der Waals surface area contributed by atoms with Crippen LogP contribution in [-0.2, 0) is 27.0 Å². The van der Waals surface area contributed by atoms with Crippen molar-refractivity contribution in [1.82, 2.24) is 16.0 Å². The summed E-state index contributed by atoms with van der Waals surface area (Å²) in [4.78, 5) is 49.6. The Hall–Kier alpha value is -3.69. The summed E-state index contributed by atoms with van der Waals surface area (Å²) >= 11 is 0. The maximum absolute atomic E-state index is 13.4. The molecule has 0 bridgehead atoms. The summed E-state index contributed by atoms with van der Waals surface area (Å²) in [6, 6.07) is 9.86. The standard InChI is InChI=1S/C26H30F3N3O4/c1-3-4-12-19(16-33)31-23(34)17(2)30-25(36)22(15-18-10-6-5-7-11-18)32-24(35)20-13-8-9-14-21(20)26(27,28)29/h5-11,13-14,16-17,19,22H,3-4,12,15H2,1-2H3,(H,30,36)(H,31,34)(H,32,35)/t17-,19?,22-/m0/s1. The fourth-order valence-electron chi connectivity index (χ4n) is 3.51. The Bertz CT molecular complexity index is 1040. The highest BCUT2D eigenvalue weighted by atomic mass is 19.4. The monoisotopic (exact) mass is 505 g/mol. The molecule has 0 spiro atoms. The summed E-state index contributed by atoms with van der Waals surface area (Å²) in [5, 5.41) is 7.41. The number of nitrogens with one attached hydrogen (secondary N) is 3. The summed E-state index contributed by atoms with van der Waals surface area (Å²) in [6.07, 6.45) is -2.13. The van der Waals surface area contributed by atoms with Crippen LogP contribution in [0.1, 0.15) is 54.6 Å². The van der Waals surface area contributed by atoms with Crippen LogP contribution in [0.4, 0.5) is 13.2 Å². The van der Waals surface area contributed by atoms with Gasteiger partial charge in [0.1, 0.15) is 18.4 Å². The predicted octanol–water partition coefficient (Wildman–Crippen LogP) is 3.43. The van der Waals surface area contributed by atoms with E-state index in [1.807, 2.05) is 6.92 Å². The average molecular weight is 506 g/mol. The van der Waals surface area contributed by atoms with Crippen molar-refractivity contribution in [3.05, 3.63) is 71.3 Å². The number of benzene rings is 2. The summed E-state index contributed by atoms with van der Waals surface area (Å²) in [5.41, 5.74) is -1.09. The van der Waals surface area contributed by atoms with Crippen molar-refractivity contribution in [3.63, 3.8) is 0 Å². The molecule has 0 saturated heterocycles. The van der Waals surface area contributed by atoms with Gasteiger partial charge in [-0.05, 0) is 31.0 Å². The lowest BCUT2D eigenvalue weighted by Gasteiger charge is -2.23. The molecule has 7 nitrogen and oxygen atoms in total. The Balaban J connectivity index is 2.19. The first kappa shape index (κ1) is 28.5. The van der Waals surface area contributed by atoms with E-state index in [1.165, 1.54) is 19.1 Å². The number of rotatable bonds is 12. The van der Waals surface area contributed by atoms with Gasteiger partial charge in [0.25, 0.3) is 5.91 Å². The van der Waals surface area contributed by atoms with Gasteiger partial charge in [0, 0.05) is 6.42 Å². The summed E-state index contributed by atoms with van der Waals surface area (Å²) in [5.74, 6) is -2.42. The molecule has 2 aromatic rings. The van der Waals surface area contributed by atoms with Crippen molar-refractivity contribution in [2.24, 2.45) is 0 Å². The zero-order valence-corrected chi connectivity index (χ0v) is 20.1. The highest BCUT2D eigenvalue weighted by molar-refractivity contribution is 5.99. The molecule has 0 fully saturated rings. The maximum atomic E-state index is 13.4. The second-order valence-electron chi connectivity index (χ2n) is 8.38. The van der Waals surface area contributed by atoms with Crippen LogP contribution in [0, 0.1) is 0 Å². The van der Waals surface area contributed by atoms with Crippen LogP contribution in [0.15, 0.2) is 54.6 Å². The van der Waals surface area contributed by atoms with Crippen LogP contribution in [0.5, 0.6) is 0 Å². The number of carbonyl (C=O) groups is 4. The topological polar surface area (TPSA) is 104 Å². The molecule has 0 aliphatic heterocycles. The van der Waals surface area contributed by atoms with Gasteiger partial charge in [-0.1, -0.05) is 62.2 Å². The number of hydrogen-bond donors (Lipinski definition) is 3. The molecule has 1 unspecified atom stereocenters. The second kappa shape index (κ2) is 13.4. The number of carbonyl (C=O) groups excluding carboxylic acids is 4. The molecule has 2 rings (SSSR count). The molecule has 3 amide bonds. The predicted molar refractivity (Wildman–Crippen MR) is 128 cm³/mol. The number of halogens is 3. The van der Waals surface area contributed by atoms with E-state index in [2.05, 4.69) is 16.0 Å². The number of aldehydes is 1. The molecule has 0 saturated carbocycles. The summed E-state index contributed by atoms with van der Waals surface area (Å²) in [7, 11) is 0. The van der Waals surface area contributed by atoms with Gasteiger partial charge in [0.05, 0.1) is 17.2 Å². The van der Waals surface area contributed by atoms with Gasteiger partial charge in [-0.15, -0.1) is 0 Å².